The van der Waals surface area contributed by atoms with E-state index < -0.39 is 14.0 Å². The van der Waals surface area contributed by atoms with Crippen LogP contribution in [0.25, 0.3) is 22.4 Å². The first-order valence-electron chi connectivity index (χ1n) is 10.9. The number of hydrogen-bond donors (Lipinski definition) is 1. The van der Waals surface area contributed by atoms with Crippen LogP contribution < -0.4 is 20.7 Å². The van der Waals surface area contributed by atoms with Gasteiger partial charge in [-0.05, 0) is 57.8 Å². The number of carboxylic acids is 1. The Morgan fingerprint density at radius 3 is 2.00 bits per heavy atom. The summed E-state index contributed by atoms with van der Waals surface area (Å²) in [5, 5.41) is 13.9. The van der Waals surface area contributed by atoms with Crippen molar-refractivity contribution in [3.05, 3.63) is 115 Å². The molecule has 0 radical (unpaired) electrons. The Labute approximate surface area is 217 Å². The molecule has 3 aromatic heterocycles. The van der Waals surface area contributed by atoms with Crippen LogP contribution in [-0.2, 0) is 21.1 Å². The smallest absolute Gasteiger partial charge is 0.354 e. The van der Waals surface area contributed by atoms with E-state index in [1.807, 2.05) is 6.20 Å². The molecule has 0 fully saturated rings. The van der Waals surface area contributed by atoms with Crippen LogP contribution in [0.4, 0.5) is 0 Å². The summed E-state index contributed by atoms with van der Waals surface area (Å²) in [5.41, 5.74) is 5.01. The summed E-state index contributed by atoms with van der Waals surface area (Å²) in [5.74, 6) is -0.990. The molecule has 5 heterocycles. The maximum Gasteiger partial charge on any atom is 0.354 e. The number of pyridine rings is 3. The van der Waals surface area contributed by atoms with E-state index >= 15 is 0 Å². The standard InChI is InChI=1S/C22H13N2Si.C6H5NO2.Pt/c1-3-8-18-15(6-1)16-7-2-4-9-19(16)25(18)20-10-5-12-24-22(20)17-11-13-23-14-21(17)25;8-6(9)5-3-1-2-4-7-5;/h1-10,12-14H;1-4H,(H,8,9);/q-1;;. The number of benzene rings is 2. The quantitative estimate of drug-likeness (QED) is 0.218. The van der Waals surface area contributed by atoms with E-state index in [0.717, 1.165) is 11.3 Å². The van der Waals surface area contributed by atoms with Crippen molar-refractivity contribution in [2.75, 3.05) is 0 Å². The Balaban J connectivity index is 0.000000217. The predicted octanol–water partition coefficient (Wildman–Crippen LogP) is 2.39. The van der Waals surface area contributed by atoms with Gasteiger partial charge in [0.05, 0.1) is 0 Å². The van der Waals surface area contributed by atoms with Crippen LogP contribution in [0.1, 0.15) is 10.5 Å². The fourth-order valence-corrected chi connectivity index (χ4v) is 10.6. The molecule has 0 aliphatic carbocycles. The first-order chi connectivity index (χ1) is 16.7. The normalized spacial score (nSPS) is 12.8. The molecule has 2 aromatic carbocycles. The Morgan fingerprint density at radius 1 is 0.743 bits per heavy atom. The van der Waals surface area contributed by atoms with E-state index in [9.17, 15) is 4.79 Å². The topological polar surface area (TPSA) is 76.0 Å². The summed E-state index contributed by atoms with van der Waals surface area (Å²) in [4.78, 5) is 22.9. The van der Waals surface area contributed by atoms with Gasteiger partial charge in [-0.25, -0.2) is 9.78 Å². The molecular weight excluding hydrogens is 633 g/mol. The van der Waals surface area contributed by atoms with Crippen molar-refractivity contribution in [2.24, 2.45) is 0 Å². The maximum absolute atomic E-state index is 10.1. The first kappa shape index (κ1) is 23.0. The monoisotopic (exact) mass is 651 g/mol. The van der Waals surface area contributed by atoms with Crippen LogP contribution in [0.2, 0.25) is 0 Å². The third kappa shape index (κ3) is 3.41. The number of aromatic carboxylic acids is 1. The van der Waals surface area contributed by atoms with Gasteiger partial charge < -0.3 is 10.1 Å². The molecule has 0 unspecified atom stereocenters. The molecule has 5 aromatic rings. The number of fused-ring (bicyclic) bond motifs is 10. The van der Waals surface area contributed by atoms with E-state index in [1.165, 1.54) is 44.1 Å². The summed E-state index contributed by atoms with van der Waals surface area (Å²) < 4.78 is 0. The Bertz CT molecular complexity index is 1370. The van der Waals surface area contributed by atoms with E-state index in [0.29, 0.717) is 0 Å². The molecule has 7 rings (SSSR count). The average Bonchev–Trinajstić information content (AvgIpc) is 3.37. The summed E-state index contributed by atoms with van der Waals surface area (Å²) in [7, 11) is -2.31. The molecule has 172 valence electrons. The molecule has 35 heavy (non-hydrogen) atoms. The zero-order valence-electron chi connectivity index (χ0n) is 18.3. The molecule has 1 N–H and O–H groups in total. The van der Waals surface area contributed by atoms with Gasteiger partial charge in [0.25, 0.3) is 0 Å². The van der Waals surface area contributed by atoms with Gasteiger partial charge in [0.1, 0.15) is 13.8 Å². The van der Waals surface area contributed by atoms with Crippen molar-refractivity contribution in [3.63, 3.8) is 0 Å². The summed E-state index contributed by atoms with van der Waals surface area (Å²) >= 11 is 0. The second kappa shape index (κ2) is 9.14. The minimum Gasteiger partial charge on any atom is -0.477 e. The molecule has 5 nitrogen and oxygen atoms in total. The number of nitrogens with zero attached hydrogens (tertiary/aromatic N) is 3. The Kier molecular flexibility index (Phi) is 6.01. The molecule has 0 amide bonds. The van der Waals surface area contributed by atoms with E-state index in [4.69, 9.17) is 10.1 Å². The van der Waals surface area contributed by atoms with Gasteiger partial charge in [-0.1, -0.05) is 65.9 Å². The molecule has 0 saturated heterocycles. The number of carbonyl (C=O) groups is 1. The van der Waals surface area contributed by atoms with Crippen LogP contribution in [-0.4, -0.2) is 34.1 Å². The minimum absolute atomic E-state index is 0. The van der Waals surface area contributed by atoms with E-state index in [2.05, 4.69) is 82.9 Å². The molecule has 0 bridgehead atoms. The molecule has 7 heteroatoms. The fraction of sp³-hybridized carbons (Fsp3) is 0. The van der Waals surface area contributed by atoms with Crippen molar-refractivity contribution in [1.29, 1.82) is 0 Å². The van der Waals surface area contributed by atoms with Gasteiger partial charge in [-0.15, -0.1) is 5.19 Å². The number of hydrogen-bond acceptors (Lipinski definition) is 4. The minimum atomic E-state index is -2.31. The van der Waals surface area contributed by atoms with Crippen LogP contribution in [0.5, 0.6) is 0 Å². The first-order valence-corrected chi connectivity index (χ1v) is 12.9. The average molecular weight is 652 g/mol. The largest absolute Gasteiger partial charge is 0.477 e. The zero-order valence-corrected chi connectivity index (χ0v) is 21.6. The molecule has 0 atom stereocenters. The molecule has 0 saturated carbocycles. The molecule has 1 spiro atoms. The summed E-state index contributed by atoms with van der Waals surface area (Å²) in [6.07, 6.45) is 7.15. The van der Waals surface area contributed by atoms with Crippen molar-refractivity contribution in [1.82, 2.24) is 15.0 Å². The van der Waals surface area contributed by atoms with Crippen LogP contribution in [0, 0.1) is 6.07 Å². The van der Waals surface area contributed by atoms with Gasteiger partial charge in [0, 0.05) is 33.5 Å². The predicted molar refractivity (Wildman–Crippen MR) is 134 cm³/mol. The van der Waals surface area contributed by atoms with Gasteiger partial charge in [0.2, 0.25) is 0 Å². The number of rotatable bonds is 1. The number of carboxylic acid groups (broad SMARTS) is 1. The fourth-order valence-electron chi connectivity index (χ4n) is 5.19. The number of aromatic nitrogens is 3. The van der Waals surface area contributed by atoms with Crippen molar-refractivity contribution in [2.45, 2.75) is 0 Å². The van der Waals surface area contributed by atoms with Crippen molar-refractivity contribution >= 4 is 34.8 Å². The zero-order chi connectivity index (χ0) is 23.1. The van der Waals surface area contributed by atoms with E-state index in [1.54, 1.807) is 18.3 Å². The van der Waals surface area contributed by atoms with Gasteiger partial charge in [-0.3, -0.25) is 4.98 Å². The van der Waals surface area contributed by atoms with Crippen LogP contribution in [0.15, 0.2) is 104 Å². The summed E-state index contributed by atoms with van der Waals surface area (Å²) in [6.45, 7) is 0. The van der Waals surface area contributed by atoms with Gasteiger partial charge in [0.15, 0.2) is 0 Å². The SMILES string of the molecule is O=C(O)c1ccccn1.[Pt].[c-]1cncc2c1-c1ncccc1[Si]21c2ccccc2-c2ccccc21. The third-order valence-corrected chi connectivity index (χ3v) is 11.3. The van der Waals surface area contributed by atoms with Gasteiger partial charge in [-0.2, -0.15) is 11.6 Å². The third-order valence-electron chi connectivity index (χ3n) is 6.45. The van der Waals surface area contributed by atoms with Crippen LogP contribution in [0.3, 0.4) is 0 Å². The van der Waals surface area contributed by atoms with Crippen molar-refractivity contribution < 1.29 is 31.0 Å². The molecule has 2 aliphatic heterocycles. The Hall–Kier alpha value is -3.73. The van der Waals surface area contributed by atoms with E-state index in [-0.39, 0.29) is 26.8 Å². The molecular formula is C28H18N3O2PtSi-. The molecule has 2 aliphatic rings. The van der Waals surface area contributed by atoms with Crippen LogP contribution >= 0.6 is 0 Å². The second-order valence-corrected chi connectivity index (χ2v) is 11.8. The summed E-state index contributed by atoms with van der Waals surface area (Å²) in [6, 6.07) is 30.2. The van der Waals surface area contributed by atoms with Gasteiger partial charge >= 0.3 is 5.97 Å². The Morgan fingerprint density at radius 2 is 1.37 bits per heavy atom. The second-order valence-electron chi connectivity index (χ2n) is 8.10. The maximum atomic E-state index is 10.1. The van der Waals surface area contributed by atoms with Crippen molar-refractivity contribution in [3.8, 4) is 22.4 Å².